The second kappa shape index (κ2) is 13.0. The third-order valence-corrected chi connectivity index (χ3v) is 10.1. The minimum Gasteiger partial charge on any atom is -0.488 e. The van der Waals surface area contributed by atoms with Gasteiger partial charge in [0, 0.05) is 49.3 Å². The SMILES string of the molecule is C[C@H]1CN([C@@H](C)CO)C(=O)c2cc(NC(=O)Cc3cn(C)c4ccccc34)ccc2O[C@@H]1CN(C)S(=O)(=O)c1ccc(F)cc1. The van der Waals surface area contributed by atoms with E-state index in [0.29, 0.717) is 5.69 Å². The fourth-order valence-corrected chi connectivity index (χ4v) is 6.78. The molecule has 1 aromatic heterocycles. The standard InChI is InChI=1S/C33H37FN4O6S/c1-21-17-38(22(2)20-39)33(41)28-16-25(35-32(40)15-23-18-36(3)29-8-6-5-7-27(23)29)11-14-30(28)44-31(21)19-37(4)45(42,43)26-12-9-24(34)10-13-26/h5-14,16,18,21-22,31,39H,15,17,19-20H2,1-4H3,(H,35,40)/t21-,22-,31+/m0/s1. The van der Waals surface area contributed by atoms with Gasteiger partial charge in [0.05, 0.1) is 36.1 Å². The second-order valence-corrected chi connectivity index (χ2v) is 13.6. The van der Waals surface area contributed by atoms with Gasteiger partial charge in [0.15, 0.2) is 0 Å². The summed E-state index contributed by atoms with van der Waals surface area (Å²) in [6, 6.07) is 16.6. The van der Waals surface area contributed by atoms with Gasteiger partial charge in [-0.15, -0.1) is 0 Å². The molecule has 0 aliphatic carbocycles. The number of hydrogen-bond donors (Lipinski definition) is 2. The number of ether oxygens (including phenoxy) is 1. The number of carbonyl (C=O) groups is 2. The number of amides is 2. The Balaban J connectivity index is 1.41. The third-order valence-electron chi connectivity index (χ3n) is 8.24. The number of hydrogen-bond acceptors (Lipinski definition) is 6. The Labute approximate surface area is 262 Å². The van der Waals surface area contributed by atoms with Crippen LogP contribution in [0, 0.1) is 11.7 Å². The van der Waals surface area contributed by atoms with Crippen LogP contribution in [-0.4, -0.2) is 78.0 Å². The Kier molecular flexibility index (Phi) is 9.28. The van der Waals surface area contributed by atoms with E-state index < -0.39 is 28.0 Å². The molecule has 0 saturated heterocycles. The van der Waals surface area contributed by atoms with Gasteiger partial charge in [-0.05, 0) is 61.0 Å². The van der Waals surface area contributed by atoms with Crippen LogP contribution in [0.15, 0.2) is 77.8 Å². The number of carbonyl (C=O) groups excluding carboxylic acids is 2. The number of sulfonamides is 1. The van der Waals surface area contributed by atoms with Crippen LogP contribution < -0.4 is 10.1 Å². The highest BCUT2D eigenvalue weighted by Gasteiger charge is 2.35. The zero-order valence-corrected chi connectivity index (χ0v) is 26.4. The second-order valence-electron chi connectivity index (χ2n) is 11.6. The van der Waals surface area contributed by atoms with Crippen LogP contribution in [0.4, 0.5) is 10.1 Å². The number of aliphatic hydroxyl groups is 1. The van der Waals surface area contributed by atoms with Gasteiger partial charge in [0.2, 0.25) is 15.9 Å². The average molecular weight is 637 g/mol. The first-order chi connectivity index (χ1) is 21.4. The highest BCUT2D eigenvalue weighted by Crippen LogP contribution is 2.31. The van der Waals surface area contributed by atoms with Gasteiger partial charge in [-0.3, -0.25) is 9.59 Å². The van der Waals surface area contributed by atoms with E-state index in [0.717, 1.165) is 32.9 Å². The van der Waals surface area contributed by atoms with Crippen LogP contribution in [0.1, 0.15) is 29.8 Å². The summed E-state index contributed by atoms with van der Waals surface area (Å²) in [5.74, 6) is -1.29. The number of aryl methyl sites for hydroxylation is 1. The molecule has 0 spiro atoms. The molecule has 2 heterocycles. The van der Waals surface area contributed by atoms with Gasteiger partial charge in [0.25, 0.3) is 5.91 Å². The largest absolute Gasteiger partial charge is 0.488 e. The minimum atomic E-state index is -3.96. The number of nitrogens with zero attached hydrogens (tertiary/aromatic N) is 3. The zero-order valence-electron chi connectivity index (χ0n) is 25.6. The molecule has 4 aromatic rings. The topological polar surface area (TPSA) is 121 Å². The monoisotopic (exact) mass is 636 g/mol. The molecular formula is C33H37FN4O6S. The van der Waals surface area contributed by atoms with E-state index in [1.54, 1.807) is 25.1 Å². The molecule has 0 fully saturated rings. The van der Waals surface area contributed by atoms with Crippen LogP contribution in [0.2, 0.25) is 0 Å². The molecule has 1 aliphatic heterocycles. The molecule has 2 N–H and O–H groups in total. The first-order valence-corrected chi connectivity index (χ1v) is 16.1. The van der Waals surface area contributed by atoms with Gasteiger partial charge < -0.3 is 24.6 Å². The molecule has 0 saturated carbocycles. The fraction of sp³-hybridized carbons (Fsp3) is 0.333. The Bertz CT molecular complexity index is 1820. The van der Waals surface area contributed by atoms with Crippen molar-refractivity contribution < 1.29 is 32.2 Å². The Hall–Kier alpha value is -4.26. The first-order valence-electron chi connectivity index (χ1n) is 14.7. The number of fused-ring (bicyclic) bond motifs is 2. The molecule has 3 aromatic carbocycles. The van der Waals surface area contributed by atoms with E-state index in [9.17, 15) is 27.5 Å². The van der Waals surface area contributed by atoms with Crippen molar-refractivity contribution in [2.75, 3.05) is 32.1 Å². The molecule has 3 atom stereocenters. The van der Waals surface area contributed by atoms with Crippen molar-refractivity contribution in [1.29, 1.82) is 0 Å². The van der Waals surface area contributed by atoms with Crippen molar-refractivity contribution in [3.05, 3.63) is 89.9 Å². The summed E-state index contributed by atoms with van der Waals surface area (Å²) in [6.07, 6.45) is 1.37. The molecule has 12 heteroatoms. The minimum absolute atomic E-state index is 0.0557. The summed E-state index contributed by atoms with van der Waals surface area (Å²) in [4.78, 5) is 28.4. The lowest BCUT2D eigenvalue weighted by atomic mass is 9.99. The number of likely N-dealkylation sites (N-methyl/N-ethyl adjacent to an activating group) is 1. The van der Waals surface area contributed by atoms with Crippen LogP contribution in [0.3, 0.4) is 0 Å². The lowest BCUT2D eigenvalue weighted by Gasteiger charge is -2.38. The normalized spacial score (nSPS) is 17.8. The average Bonchev–Trinajstić information content (AvgIpc) is 3.33. The Morgan fingerprint density at radius 1 is 1.16 bits per heavy atom. The molecule has 1 aliphatic rings. The molecular weight excluding hydrogens is 599 g/mol. The summed E-state index contributed by atoms with van der Waals surface area (Å²) < 4.78 is 49.4. The lowest BCUT2D eigenvalue weighted by molar-refractivity contribution is -0.115. The van der Waals surface area contributed by atoms with Crippen molar-refractivity contribution in [1.82, 2.24) is 13.8 Å². The van der Waals surface area contributed by atoms with E-state index in [4.69, 9.17) is 4.74 Å². The van der Waals surface area contributed by atoms with Crippen molar-refractivity contribution >= 4 is 38.4 Å². The molecule has 0 bridgehead atoms. The number of aliphatic hydroxyl groups excluding tert-OH is 1. The molecule has 45 heavy (non-hydrogen) atoms. The maximum atomic E-state index is 13.8. The number of para-hydroxylation sites is 1. The predicted molar refractivity (Wildman–Crippen MR) is 169 cm³/mol. The Morgan fingerprint density at radius 2 is 1.87 bits per heavy atom. The molecule has 5 rings (SSSR count). The highest BCUT2D eigenvalue weighted by atomic mass is 32.2. The van der Waals surface area contributed by atoms with E-state index in [1.165, 1.54) is 24.1 Å². The number of benzene rings is 3. The van der Waals surface area contributed by atoms with Gasteiger partial charge >= 0.3 is 0 Å². The van der Waals surface area contributed by atoms with Crippen molar-refractivity contribution in [3.63, 3.8) is 0 Å². The summed E-state index contributed by atoms with van der Waals surface area (Å²) in [7, 11) is -0.620. The summed E-state index contributed by atoms with van der Waals surface area (Å²) in [6.45, 7) is 3.43. The first kappa shape index (κ1) is 32.1. The van der Waals surface area contributed by atoms with Crippen molar-refractivity contribution in [3.8, 4) is 5.75 Å². The van der Waals surface area contributed by atoms with Gasteiger partial charge in [-0.2, -0.15) is 4.31 Å². The highest BCUT2D eigenvalue weighted by molar-refractivity contribution is 7.89. The molecule has 0 radical (unpaired) electrons. The summed E-state index contributed by atoms with van der Waals surface area (Å²) in [5.41, 5.74) is 2.46. The van der Waals surface area contributed by atoms with Gasteiger partial charge in [-0.25, -0.2) is 12.8 Å². The zero-order chi connectivity index (χ0) is 32.5. The van der Waals surface area contributed by atoms with Gasteiger partial charge in [-0.1, -0.05) is 25.1 Å². The molecule has 2 amide bonds. The van der Waals surface area contributed by atoms with Crippen molar-refractivity contribution in [2.24, 2.45) is 13.0 Å². The number of aromatic nitrogens is 1. The molecule has 10 nitrogen and oxygen atoms in total. The van der Waals surface area contributed by atoms with Gasteiger partial charge in [0.1, 0.15) is 17.7 Å². The van der Waals surface area contributed by atoms with Crippen LogP contribution in [0.25, 0.3) is 10.9 Å². The van der Waals surface area contributed by atoms with Crippen molar-refractivity contribution in [2.45, 2.75) is 37.3 Å². The number of anilines is 1. The lowest BCUT2D eigenvalue weighted by Crippen LogP contribution is -2.50. The van der Waals surface area contributed by atoms with E-state index in [-0.39, 0.29) is 60.1 Å². The summed E-state index contributed by atoms with van der Waals surface area (Å²) in [5, 5.41) is 13.8. The van der Waals surface area contributed by atoms with E-state index >= 15 is 0 Å². The maximum absolute atomic E-state index is 13.8. The fourth-order valence-electron chi connectivity index (χ4n) is 5.60. The third kappa shape index (κ3) is 6.73. The van der Waals surface area contributed by atoms with E-state index in [1.807, 2.05) is 49.0 Å². The Morgan fingerprint density at radius 3 is 2.58 bits per heavy atom. The molecule has 238 valence electrons. The maximum Gasteiger partial charge on any atom is 0.258 e. The predicted octanol–water partition coefficient (Wildman–Crippen LogP) is 4.04. The quantitative estimate of drug-likeness (QED) is 0.286. The number of halogens is 1. The number of nitrogens with one attached hydrogen (secondary N) is 1. The van der Waals surface area contributed by atoms with Crippen LogP contribution in [0.5, 0.6) is 5.75 Å². The van der Waals surface area contributed by atoms with E-state index in [2.05, 4.69) is 5.32 Å². The number of rotatable bonds is 9. The van der Waals surface area contributed by atoms with Crippen LogP contribution in [-0.2, 0) is 28.3 Å². The van der Waals surface area contributed by atoms with Crippen LogP contribution >= 0.6 is 0 Å². The smallest absolute Gasteiger partial charge is 0.258 e. The molecule has 0 unspecified atom stereocenters. The summed E-state index contributed by atoms with van der Waals surface area (Å²) >= 11 is 0.